The van der Waals surface area contributed by atoms with Crippen molar-refractivity contribution >= 4 is 63.0 Å². The van der Waals surface area contributed by atoms with Crippen LogP contribution in [0.2, 0.25) is 5.02 Å². The Balaban J connectivity index is 1.24. The van der Waals surface area contributed by atoms with Gasteiger partial charge in [0, 0.05) is 10.7 Å². The summed E-state index contributed by atoms with van der Waals surface area (Å²) in [5.74, 6) is 0.0398. The summed E-state index contributed by atoms with van der Waals surface area (Å²) >= 11 is 7.02. The van der Waals surface area contributed by atoms with Crippen molar-refractivity contribution in [1.82, 2.24) is 4.90 Å². The normalized spacial score (nSPS) is 14.2. The zero-order chi connectivity index (χ0) is 28.2. The molecule has 9 heteroatoms. The molecule has 3 amide bonds. The molecule has 1 fully saturated rings. The van der Waals surface area contributed by atoms with Crippen molar-refractivity contribution in [3.05, 3.63) is 105 Å². The second-order valence-electron chi connectivity index (χ2n) is 9.16. The van der Waals surface area contributed by atoms with E-state index in [1.807, 2.05) is 55.5 Å². The number of carbonyl (C=O) groups excluding carboxylic acids is 3. The molecule has 1 aliphatic rings. The van der Waals surface area contributed by atoms with Crippen molar-refractivity contribution in [1.29, 1.82) is 0 Å². The van der Waals surface area contributed by atoms with E-state index in [-0.39, 0.29) is 30.2 Å². The zero-order valence-electron chi connectivity index (χ0n) is 21.8. The summed E-state index contributed by atoms with van der Waals surface area (Å²) < 4.78 is 11.1. The first kappa shape index (κ1) is 27.3. The number of fused-ring (bicyclic) bond motifs is 1. The molecule has 4 aromatic carbocycles. The van der Waals surface area contributed by atoms with Gasteiger partial charge in [0.15, 0.2) is 18.1 Å². The highest BCUT2D eigenvalue weighted by Gasteiger charge is 2.35. The average Bonchev–Trinajstić information content (AvgIpc) is 3.21. The number of aryl methyl sites for hydroxylation is 1. The van der Waals surface area contributed by atoms with E-state index in [0.717, 1.165) is 33.7 Å². The molecule has 1 heterocycles. The molecule has 40 heavy (non-hydrogen) atoms. The van der Waals surface area contributed by atoms with Crippen LogP contribution in [-0.2, 0) is 16.1 Å². The van der Waals surface area contributed by atoms with Crippen molar-refractivity contribution in [2.75, 3.05) is 19.0 Å². The quantitative estimate of drug-likeness (QED) is 0.227. The first-order valence-electron chi connectivity index (χ1n) is 12.4. The summed E-state index contributed by atoms with van der Waals surface area (Å²) in [5, 5.41) is 5.12. The first-order valence-corrected chi connectivity index (χ1v) is 13.6. The lowest BCUT2D eigenvalue weighted by molar-refractivity contribution is -0.123. The van der Waals surface area contributed by atoms with Gasteiger partial charge in [-0.3, -0.25) is 19.3 Å². The van der Waals surface area contributed by atoms with E-state index in [4.69, 9.17) is 21.1 Å². The Kier molecular flexibility index (Phi) is 8.09. The van der Waals surface area contributed by atoms with Gasteiger partial charge in [-0.1, -0.05) is 60.1 Å². The highest BCUT2D eigenvalue weighted by atomic mass is 35.5. The van der Waals surface area contributed by atoms with E-state index in [9.17, 15) is 14.4 Å². The second kappa shape index (κ2) is 11.9. The van der Waals surface area contributed by atoms with Crippen LogP contribution in [0.25, 0.3) is 16.8 Å². The summed E-state index contributed by atoms with van der Waals surface area (Å²) in [6, 6.07) is 24.2. The van der Waals surface area contributed by atoms with Crippen LogP contribution in [0.5, 0.6) is 11.5 Å². The largest absolute Gasteiger partial charge is 0.493 e. The Labute approximate surface area is 240 Å². The maximum Gasteiger partial charge on any atom is 0.293 e. The average molecular weight is 573 g/mol. The predicted molar refractivity (Wildman–Crippen MR) is 159 cm³/mol. The van der Waals surface area contributed by atoms with Gasteiger partial charge in [-0.15, -0.1) is 0 Å². The fourth-order valence-corrected chi connectivity index (χ4v) is 5.23. The predicted octanol–water partition coefficient (Wildman–Crippen LogP) is 7.06. The van der Waals surface area contributed by atoms with Crippen molar-refractivity contribution in [2.45, 2.75) is 13.5 Å². The number of hydrogen-bond donors (Lipinski definition) is 1. The molecule has 202 valence electrons. The molecule has 4 aromatic rings. The minimum absolute atomic E-state index is 0.194. The number of halogens is 1. The van der Waals surface area contributed by atoms with Gasteiger partial charge in [-0.2, -0.15) is 0 Å². The number of thioether (sulfide) groups is 1. The van der Waals surface area contributed by atoms with Crippen molar-refractivity contribution in [2.24, 2.45) is 0 Å². The Morgan fingerprint density at radius 3 is 2.55 bits per heavy atom. The summed E-state index contributed by atoms with van der Waals surface area (Å²) in [7, 11) is 1.48. The molecule has 5 rings (SSSR count). The number of rotatable bonds is 8. The van der Waals surface area contributed by atoms with Gasteiger partial charge < -0.3 is 14.8 Å². The van der Waals surface area contributed by atoms with Gasteiger partial charge in [0.25, 0.3) is 17.1 Å². The van der Waals surface area contributed by atoms with Crippen LogP contribution in [0.4, 0.5) is 10.5 Å². The second-order valence-corrected chi connectivity index (χ2v) is 10.6. The third-order valence-electron chi connectivity index (χ3n) is 6.33. The number of ether oxygens (including phenoxy) is 2. The van der Waals surface area contributed by atoms with E-state index < -0.39 is 0 Å². The number of carbonyl (C=O) groups is 3. The number of nitrogens with one attached hydrogen (secondary N) is 1. The Morgan fingerprint density at radius 2 is 1.77 bits per heavy atom. The lowest BCUT2D eigenvalue weighted by Gasteiger charge is -2.13. The van der Waals surface area contributed by atoms with Crippen LogP contribution in [0.3, 0.4) is 0 Å². The molecule has 0 bridgehead atoms. The van der Waals surface area contributed by atoms with E-state index in [1.165, 1.54) is 12.0 Å². The number of imide groups is 1. The van der Waals surface area contributed by atoms with Crippen LogP contribution >= 0.6 is 23.4 Å². The zero-order valence-corrected chi connectivity index (χ0v) is 23.3. The number of nitrogens with zero attached hydrogens (tertiary/aromatic N) is 1. The molecule has 0 aliphatic carbocycles. The van der Waals surface area contributed by atoms with Crippen LogP contribution in [0.15, 0.2) is 83.8 Å². The topological polar surface area (TPSA) is 84.9 Å². The highest BCUT2D eigenvalue weighted by molar-refractivity contribution is 8.18. The Morgan fingerprint density at radius 1 is 0.975 bits per heavy atom. The molecule has 1 saturated heterocycles. The molecular weight excluding hydrogens is 548 g/mol. The molecule has 0 spiro atoms. The van der Waals surface area contributed by atoms with E-state index >= 15 is 0 Å². The van der Waals surface area contributed by atoms with Crippen LogP contribution in [0, 0.1) is 6.92 Å². The molecule has 0 atom stereocenters. The summed E-state index contributed by atoms with van der Waals surface area (Å²) in [6.07, 6.45) is 1.64. The van der Waals surface area contributed by atoms with Crippen molar-refractivity contribution < 1.29 is 23.9 Å². The maximum atomic E-state index is 13.1. The number of methoxy groups -OCH3 is 1. The van der Waals surface area contributed by atoms with Gasteiger partial charge in [-0.25, -0.2) is 0 Å². The molecule has 0 radical (unpaired) electrons. The molecule has 0 saturated carbocycles. The fraction of sp³-hybridized carbons (Fsp3) is 0.129. The van der Waals surface area contributed by atoms with Gasteiger partial charge in [0.05, 0.1) is 18.6 Å². The van der Waals surface area contributed by atoms with Crippen LogP contribution in [0.1, 0.15) is 16.7 Å². The summed E-state index contributed by atoms with van der Waals surface area (Å²) in [6.45, 7) is 1.83. The number of hydrogen-bond acceptors (Lipinski definition) is 6. The van der Waals surface area contributed by atoms with Crippen molar-refractivity contribution in [3.63, 3.8) is 0 Å². The summed E-state index contributed by atoms with van der Waals surface area (Å²) in [4.78, 5) is 39.7. The fourth-order valence-electron chi connectivity index (χ4n) is 4.21. The number of benzene rings is 4. The van der Waals surface area contributed by atoms with Crippen LogP contribution in [-0.4, -0.2) is 35.7 Å². The van der Waals surface area contributed by atoms with Gasteiger partial charge in [0.1, 0.15) is 0 Å². The van der Waals surface area contributed by atoms with Gasteiger partial charge >= 0.3 is 0 Å². The standard InChI is InChI=1S/C31H25ClN2O5S/c1-19-7-11-24(16-25(19)32)33-29(35)18-39-26-12-9-20(14-27(26)38-2)15-28-30(36)34(31(37)40-28)17-21-8-10-22-5-3-4-6-23(22)13-21/h3-16H,17-18H2,1-2H3,(H,33,35)/b28-15-. The lowest BCUT2D eigenvalue weighted by Crippen LogP contribution is -2.27. The smallest absolute Gasteiger partial charge is 0.293 e. The SMILES string of the molecule is COc1cc(/C=C2\SC(=O)N(Cc3ccc4ccccc4c3)C2=O)ccc1OCC(=O)Nc1ccc(C)c(Cl)c1. The minimum atomic E-state index is -0.355. The maximum absolute atomic E-state index is 13.1. The van der Waals surface area contributed by atoms with Crippen LogP contribution < -0.4 is 14.8 Å². The molecule has 0 unspecified atom stereocenters. The Bertz CT molecular complexity index is 1670. The lowest BCUT2D eigenvalue weighted by atomic mass is 10.1. The number of amides is 3. The summed E-state index contributed by atoms with van der Waals surface area (Å²) in [5.41, 5.74) is 3.01. The molecule has 1 aliphatic heterocycles. The molecule has 1 N–H and O–H groups in total. The van der Waals surface area contributed by atoms with Gasteiger partial charge in [0.2, 0.25) is 0 Å². The molecule has 7 nitrogen and oxygen atoms in total. The van der Waals surface area contributed by atoms with E-state index in [1.54, 1.807) is 36.4 Å². The van der Waals surface area contributed by atoms with E-state index in [2.05, 4.69) is 5.32 Å². The first-order chi connectivity index (χ1) is 19.3. The molecular formula is C31H25ClN2O5S. The van der Waals surface area contributed by atoms with E-state index in [0.29, 0.717) is 32.7 Å². The molecule has 0 aromatic heterocycles. The monoisotopic (exact) mass is 572 g/mol. The van der Waals surface area contributed by atoms with Gasteiger partial charge in [-0.05, 0) is 82.6 Å². The number of anilines is 1. The minimum Gasteiger partial charge on any atom is -0.493 e. The Hall–Kier alpha value is -4.27. The highest BCUT2D eigenvalue weighted by Crippen LogP contribution is 2.35. The van der Waals surface area contributed by atoms with Crippen molar-refractivity contribution in [3.8, 4) is 11.5 Å². The third kappa shape index (κ3) is 6.14. The third-order valence-corrected chi connectivity index (χ3v) is 7.64.